The normalized spacial score (nSPS) is 12.6. The lowest BCUT2D eigenvalue weighted by molar-refractivity contribution is 0.509. The Balaban J connectivity index is 2.40. The van der Waals surface area contributed by atoms with Crippen LogP contribution in [0.1, 0.15) is 36.3 Å². The molecule has 0 amide bonds. The van der Waals surface area contributed by atoms with Crippen molar-refractivity contribution in [2.45, 2.75) is 26.3 Å². The first-order valence-electron chi connectivity index (χ1n) is 6.35. The summed E-state index contributed by atoms with van der Waals surface area (Å²) in [6.07, 6.45) is 2.60. The minimum absolute atomic E-state index is 0.212. The number of halogens is 2. The highest BCUT2D eigenvalue weighted by Crippen LogP contribution is 2.29. The van der Waals surface area contributed by atoms with Crippen molar-refractivity contribution < 1.29 is 8.81 Å². The second kappa shape index (κ2) is 6.22. The molecule has 0 saturated heterocycles. The molecule has 1 aromatic heterocycles. The summed E-state index contributed by atoms with van der Waals surface area (Å²) in [6, 6.07) is 6.42. The number of furan rings is 1. The van der Waals surface area contributed by atoms with E-state index in [0.29, 0.717) is 10.6 Å². The summed E-state index contributed by atoms with van der Waals surface area (Å²) >= 11 is 5.80. The van der Waals surface area contributed by atoms with Crippen LogP contribution in [0.3, 0.4) is 0 Å². The highest BCUT2D eigenvalue weighted by Gasteiger charge is 2.20. The maximum absolute atomic E-state index is 14.1. The molecule has 0 saturated carbocycles. The number of hydrogen-bond acceptors (Lipinski definition) is 2. The molecular formula is C15H17ClFNO. The molecule has 0 aliphatic carbocycles. The van der Waals surface area contributed by atoms with Gasteiger partial charge in [0.15, 0.2) is 0 Å². The molecule has 1 aromatic carbocycles. The van der Waals surface area contributed by atoms with E-state index >= 15 is 0 Å². The van der Waals surface area contributed by atoms with Crippen LogP contribution in [0.4, 0.5) is 4.39 Å². The monoisotopic (exact) mass is 281 g/mol. The molecular weight excluding hydrogens is 265 g/mol. The summed E-state index contributed by atoms with van der Waals surface area (Å²) in [5.41, 5.74) is 1.54. The third kappa shape index (κ3) is 3.17. The Labute approximate surface area is 117 Å². The fourth-order valence-electron chi connectivity index (χ4n) is 2.11. The van der Waals surface area contributed by atoms with Crippen molar-refractivity contribution in [1.82, 2.24) is 5.32 Å². The predicted octanol–water partition coefficient (Wildman–Crippen LogP) is 4.47. The molecule has 19 heavy (non-hydrogen) atoms. The van der Waals surface area contributed by atoms with Gasteiger partial charge in [0, 0.05) is 16.1 Å². The Bertz CT molecular complexity index is 553. The van der Waals surface area contributed by atoms with Crippen LogP contribution in [0.5, 0.6) is 0 Å². The van der Waals surface area contributed by atoms with Crippen LogP contribution < -0.4 is 5.32 Å². The highest BCUT2D eigenvalue weighted by molar-refractivity contribution is 6.30. The first-order valence-corrected chi connectivity index (χ1v) is 6.73. The predicted molar refractivity (Wildman–Crippen MR) is 75.0 cm³/mol. The van der Waals surface area contributed by atoms with Crippen LogP contribution in [0.25, 0.3) is 0 Å². The lowest BCUT2D eigenvalue weighted by atomic mass is 9.98. The van der Waals surface area contributed by atoms with E-state index in [1.54, 1.807) is 18.4 Å². The van der Waals surface area contributed by atoms with Gasteiger partial charge in [-0.25, -0.2) is 4.39 Å². The summed E-state index contributed by atoms with van der Waals surface area (Å²) < 4.78 is 19.4. The second-order valence-electron chi connectivity index (χ2n) is 4.49. The van der Waals surface area contributed by atoms with Crippen molar-refractivity contribution in [3.8, 4) is 0 Å². The van der Waals surface area contributed by atoms with Crippen molar-refractivity contribution in [1.29, 1.82) is 0 Å². The van der Waals surface area contributed by atoms with E-state index in [9.17, 15) is 4.39 Å². The van der Waals surface area contributed by atoms with Crippen LogP contribution in [0.15, 0.2) is 34.9 Å². The third-order valence-corrected chi connectivity index (χ3v) is 3.32. The van der Waals surface area contributed by atoms with E-state index in [1.807, 2.05) is 13.0 Å². The summed E-state index contributed by atoms with van der Waals surface area (Å²) in [4.78, 5) is 0. The van der Waals surface area contributed by atoms with Gasteiger partial charge in [-0.3, -0.25) is 0 Å². The average molecular weight is 282 g/mol. The van der Waals surface area contributed by atoms with Gasteiger partial charge in [-0.1, -0.05) is 24.6 Å². The van der Waals surface area contributed by atoms with Crippen molar-refractivity contribution >= 4 is 11.6 Å². The van der Waals surface area contributed by atoms with Crippen LogP contribution >= 0.6 is 11.6 Å². The Kier molecular flexibility index (Phi) is 4.61. The Morgan fingerprint density at radius 1 is 1.32 bits per heavy atom. The molecule has 0 bridgehead atoms. The van der Waals surface area contributed by atoms with Gasteiger partial charge in [0.2, 0.25) is 0 Å². The largest absolute Gasteiger partial charge is 0.469 e. The van der Waals surface area contributed by atoms with E-state index in [4.69, 9.17) is 16.0 Å². The molecule has 0 aliphatic rings. The van der Waals surface area contributed by atoms with Gasteiger partial charge in [0.1, 0.15) is 11.6 Å². The Morgan fingerprint density at radius 2 is 2.11 bits per heavy atom. The number of benzene rings is 1. The van der Waals surface area contributed by atoms with E-state index in [0.717, 1.165) is 24.3 Å². The lowest BCUT2D eigenvalue weighted by Crippen LogP contribution is -2.24. The molecule has 1 N–H and O–H groups in total. The van der Waals surface area contributed by atoms with E-state index < -0.39 is 0 Å². The number of nitrogens with one attached hydrogen (secondary N) is 1. The zero-order valence-corrected chi connectivity index (χ0v) is 11.8. The maximum Gasteiger partial charge on any atom is 0.129 e. The van der Waals surface area contributed by atoms with E-state index in [1.165, 1.54) is 6.07 Å². The zero-order chi connectivity index (χ0) is 13.8. The van der Waals surface area contributed by atoms with Gasteiger partial charge in [0.25, 0.3) is 0 Å². The van der Waals surface area contributed by atoms with Crippen LogP contribution in [-0.4, -0.2) is 6.54 Å². The van der Waals surface area contributed by atoms with Crippen LogP contribution in [0.2, 0.25) is 5.02 Å². The van der Waals surface area contributed by atoms with Gasteiger partial charge in [0.05, 0.1) is 12.3 Å². The lowest BCUT2D eigenvalue weighted by Gasteiger charge is -2.19. The smallest absolute Gasteiger partial charge is 0.129 e. The summed E-state index contributed by atoms with van der Waals surface area (Å²) in [7, 11) is 0. The molecule has 2 rings (SSSR count). The Morgan fingerprint density at radius 3 is 2.68 bits per heavy atom. The summed E-state index contributed by atoms with van der Waals surface area (Å²) in [5.74, 6) is 0.490. The van der Waals surface area contributed by atoms with Gasteiger partial charge in [-0.15, -0.1) is 0 Å². The standard InChI is InChI=1S/C15H17ClFNO/c1-3-7-18-15(12-6-8-19-10(12)2)13-5-4-11(16)9-14(13)17/h4-6,8-9,15,18H,3,7H2,1-2H3. The molecule has 0 fully saturated rings. The van der Waals surface area contributed by atoms with Gasteiger partial charge in [-0.2, -0.15) is 0 Å². The maximum atomic E-state index is 14.1. The van der Waals surface area contributed by atoms with Crippen LogP contribution in [-0.2, 0) is 0 Å². The molecule has 2 aromatic rings. The SMILES string of the molecule is CCCNC(c1ccc(Cl)cc1F)c1ccoc1C. The topological polar surface area (TPSA) is 25.2 Å². The minimum Gasteiger partial charge on any atom is -0.469 e. The molecule has 1 heterocycles. The second-order valence-corrected chi connectivity index (χ2v) is 4.92. The van der Waals surface area contributed by atoms with Gasteiger partial charge in [-0.05, 0) is 38.1 Å². The summed E-state index contributed by atoms with van der Waals surface area (Å²) in [6.45, 7) is 4.76. The number of hydrogen-bond donors (Lipinski definition) is 1. The van der Waals surface area contributed by atoms with Crippen molar-refractivity contribution in [3.63, 3.8) is 0 Å². The van der Waals surface area contributed by atoms with Crippen molar-refractivity contribution in [2.24, 2.45) is 0 Å². The molecule has 4 heteroatoms. The van der Waals surface area contributed by atoms with Gasteiger partial charge >= 0.3 is 0 Å². The zero-order valence-electron chi connectivity index (χ0n) is 11.0. The molecule has 1 unspecified atom stereocenters. The highest BCUT2D eigenvalue weighted by atomic mass is 35.5. The Hall–Kier alpha value is -1.32. The fourth-order valence-corrected chi connectivity index (χ4v) is 2.26. The fraction of sp³-hybridized carbons (Fsp3) is 0.333. The third-order valence-electron chi connectivity index (χ3n) is 3.08. The van der Waals surface area contributed by atoms with E-state index in [-0.39, 0.29) is 11.9 Å². The molecule has 0 aliphatic heterocycles. The first kappa shape index (κ1) is 14.1. The van der Waals surface area contributed by atoms with Gasteiger partial charge < -0.3 is 9.73 Å². The number of aryl methyl sites for hydroxylation is 1. The number of rotatable bonds is 5. The molecule has 0 spiro atoms. The first-order chi connectivity index (χ1) is 9.13. The van der Waals surface area contributed by atoms with Crippen molar-refractivity contribution in [2.75, 3.05) is 6.54 Å². The molecule has 2 nitrogen and oxygen atoms in total. The van der Waals surface area contributed by atoms with E-state index in [2.05, 4.69) is 12.2 Å². The molecule has 1 atom stereocenters. The van der Waals surface area contributed by atoms with Crippen molar-refractivity contribution in [3.05, 3.63) is 58.3 Å². The molecule has 102 valence electrons. The molecule has 0 radical (unpaired) electrons. The minimum atomic E-state index is -0.304. The average Bonchev–Trinajstić information content (AvgIpc) is 2.78. The van der Waals surface area contributed by atoms with Crippen LogP contribution in [0, 0.1) is 12.7 Å². The summed E-state index contributed by atoms with van der Waals surface area (Å²) in [5, 5.41) is 3.75. The quantitative estimate of drug-likeness (QED) is 0.875.